The van der Waals surface area contributed by atoms with E-state index in [-0.39, 0.29) is 11.6 Å². The van der Waals surface area contributed by atoms with E-state index >= 15 is 0 Å². The van der Waals surface area contributed by atoms with Crippen LogP contribution in [0.4, 0.5) is 4.79 Å². The topological polar surface area (TPSA) is 140 Å². The molecule has 148 valence electrons. The minimum Gasteiger partial charge on any atom is -0.461 e. The molecule has 3 heterocycles. The van der Waals surface area contributed by atoms with Crippen LogP contribution >= 0.6 is 0 Å². The highest BCUT2D eigenvalue weighted by molar-refractivity contribution is 5.84. The van der Waals surface area contributed by atoms with Gasteiger partial charge in [0.15, 0.2) is 0 Å². The lowest BCUT2D eigenvalue weighted by Gasteiger charge is -2.03. The summed E-state index contributed by atoms with van der Waals surface area (Å²) in [6.07, 6.45) is -0.506. The summed E-state index contributed by atoms with van der Waals surface area (Å²) in [7, 11) is 0. The number of rotatable bonds is 4. The Balaban J connectivity index is 1.45. The zero-order valence-corrected chi connectivity index (χ0v) is 15.5. The molecule has 4 N–H and O–H groups in total. The van der Waals surface area contributed by atoms with E-state index in [1.807, 2.05) is 42.5 Å². The normalized spacial score (nSPS) is 11.2. The van der Waals surface area contributed by atoms with Gasteiger partial charge in [0.05, 0.1) is 28.5 Å². The first-order valence-electron chi connectivity index (χ1n) is 9.09. The van der Waals surface area contributed by atoms with Crippen molar-refractivity contribution in [3.63, 3.8) is 0 Å². The van der Waals surface area contributed by atoms with E-state index in [4.69, 9.17) is 14.9 Å². The first-order chi connectivity index (χ1) is 14.6. The van der Waals surface area contributed by atoms with Crippen LogP contribution in [-0.4, -0.2) is 26.3 Å². The molecular weight excluding hydrogens is 386 g/mol. The molecule has 0 fully saturated rings. The van der Waals surface area contributed by atoms with Crippen LogP contribution in [0.3, 0.4) is 0 Å². The van der Waals surface area contributed by atoms with Crippen LogP contribution in [0.5, 0.6) is 6.01 Å². The molecule has 9 nitrogen and oxygen atoms in total. The number of imidazole rings is 1. The molecule has 0 bridgehead atoms. The third-order valence-electron chi connectivity index (χ3n) is 4.72. The Morgan fingerprint density at radius 3 is 2.77 bits per heavy atom. The number of carbonyl (C=O) groups excluding carboxylic acids is 1. The number of benzene rings is 2. The van der Waals surface area contributed by atoms with E-state index in [1.54, 1.807) is 12.1 Å². The minimum atomic E-state index is -0.937. The number of carbonyl (C=O) groups is 1. The summed E-state index contributed by atoms with van der Waals surface area (Å²) >= 11 is 0. The molecule has 0 atom stereocenters. The Kier molecular flexibility index (Phi) is 4.06. The average Bonchev–Trinajstić information content (AvgIpc) is 3.35. The molecule has 5 rings (SSSR count). The maximum atomic E-state index is 12.0. The Morgan fingerprint density at radius 1 is 1.10 bits per heavy atom. The summed E-state index contributed by atoms with van der Waals surface area (Å²) in [5, 5.41) is 8.11. The number of amides is 1. The fraction of sp³-hybridized carbons (Fsp3) is 0.0476. The summed E-state index contributed by atoms with van der Waals surface area (Å²) in [6, 6.07) is 16.6. The van der Waals surface area contributed by atoms with Gasteiger partial charge in [-0.15, -0.1) is 0 Å². The molecule has 0 spiro atoms. The largest absolute Gasteiger partial charge is 0.461 e. The molecule has 0 aliphatic heterocycles. The Hall–Kier alpha value is -4.40. The van der Waals surface area contributed by atoms with E-state index in [9.17, 15) is 9.59 Å². The molecule has 2 aromatic carbocycles. The van der Waals surface area contributed by atoms with Gasteiger partial charge in [0, 0.05) is 10.9 Å². The number of nitrogens with zero attached hydrogens (tertiary/aromatic N) is 2. The highest BCUT2D eigenvalue weighted by atomic mass is 16.6. The van der Waals surface area contributed by atoms with Crippen LogP contribution in [0.25, 0.3) is 33.1 Å². The molecule has 0 aliphatic carbocycles. The van der Waals surface area contributed by atoms with Gasteiger partial charge in [-0.2, -0.15) is 10.1 Å². The smallest absolute Gasteiger partial charge is 0.412 e. The Labute approximate surface area is 168 Å². The van der Waals surface area contributed by atoms with Crippen LogP contribution in [0, 0.1) is 0 Å². The van der Waals surface area contributed by atoms with Crippen LogP contribution in [0.1, 0.15) is 11.5 Å². The Morgan fingerprint density at radius 2 is 1.93 bits per heavy atom. The standard InChI is InChI=1S/C21H15N5O4/c22-20(28)30-21-23-15-7-5-11(9-17(15)24-21)18-8-6-12(29-18)10-16-13-3-1-2-4-14(13)19(27)26-25-16/h1-9H,10H2,(H2,22,28)(H,23,24)(H,26,27). The molecule has 5 aromatic rings. The second kappa shape index (κ2) is 6.89. The second-order valence-corrected chi connectivity index (χ2v) is 6.68. The fourth-order valence-electron chi connectivity index (χ4n) is 3.38. The summed E-state index contributed by atoms with van der Waals surface area (Å²) in [5.41, 5.74) is 7.65. The number of nitrogens with one attached hydrogen (secondary N) is 2. The third kappa shape index (κ3) is 3.18. The lowest BCUT2D eigenvalue weighted by atomic mass is 10.1. The lowest BCUT2D eigenvalue weighted by Crippen LogP contribution is -2.16. The summed E-state index contributed by atoms with van der Waals surface area (Å²) in [6.45, 7) is 0. The van der Waals surface area contributed by atoms with Gasteiger partial charge >= 0.3 is 12.1 Å². The van der Waals surface area contributed by atoms with Crippen molar-refractivity contribution in [2.24, 2.45) is 5.73 Å². The van der Waals surface area contributed by atoms with E-state index in [0.29, 0.717) is 34.4 Å². The predicted octanol–water partition coefficient (Wildman–Crippen LogP) is 3.11. The number of H-pyrrole nitrogens is 2. The van der Waals surface area contributed by atoms with Crippen molar-refractivity contribution in [1.29, 1.82) is 0 Å². The van der Waals surface area contributed by atoms with Crippen molar-refractivity contribution in [3.05, 3.63) is 76.4 Å². The van der Waals surface area contributed by atoms with Crippen LogP contribution in [0.2, 0.25) is 0 Å². The van der Waals surface area contributed by atoms with Gasteiger partial charge in [-0.3, -0.25) is 4.79 Å². The van der Waals surface area contributed by atoms with Crippen molar-refractivity contribution >= 4 is 27.9 Å². The zero-order chi connectivity index (χ0) is 20.7. The number of primary amides is 1. The molecule has 9 heteroatoms. The van der Waals surface area contributed by atoms with Gasteiger partial charge in [-0.05, 0) is 36.4 Å². The predicted molar refractivity (Wildman–Crippen MR) is 109 cm³/mol. The van der Waals surface area contributed by atoms with E-state index < -0.39 is 6.09 Å². The van der Waals surface area contributed by atoms with Gasteiger partial charge in [0.1, 0.15) is 11.5 Å². The summed E-state index contributed by atoms with van der Waals surface area (Å²) in [5.74, 6) is 1.37. The maximum Gasteiger partial charge on any atom is 0.412 e. The SMILES string of the molecule is NC(=O)Oc1nc2ccc(-c3ccc(Cc4n[nH]c(=O)c5ccccc45)o3)cc2[nH]1. The summed E-state index contributed by atoms with van der Waals surface area (Å²) < 4.78 is 10.8. The number of ether oxygens (including phenoxy) is 1. The van der Waals surface area contributed by atoms with Crippen molar-refractivity contribution in [1.82, 2.24) is 20.2 Å². The number of fused-ring (bicyclic) bond motifs is 2. The summed E-state index contributed by atoms with van der Waals surface area (Å²) in [4.78, 5) is 29.9. The Bertz CT molecular complexity index is 1460. The molecule has 3 aromatic heterocycles. The fourth-order valence-corrected chi connectivity index (χ4v) is 3.38. The van der Waals surface area contributed by atoms with Gasteiger partial charge in [0.2, 0.25) is 0 Å². The van der Waals surface area contributed by atoms with Gasteiger partial charge in [0.25, 0.3) is 5.56 Å². The highest BCUT2D eigenvalue weighted by Crippen LogP contribution is 2.27. The van der Waals surface area contributed by atoms with Gasteiger partial charge in [-0.25, -0.2) is 9.89 Å². The first-order valence-corrected chi connectivity index (χ1v) is 9.09. The van der Waals surface area contributed by atoms with Crippen molar-refractivity contribution in [2.45, 2.75) is 6.42 Å². The minimum absolute atomic E-state index is 0.0332. The van der Waals surface area contributed by atoms with Crippen molar-refractivity contribution in [3.8, 4) is 17.3 Å². The molecule has 0 radical (unpaired) electrons. The molecule has 0 saturated carbocycles. The zero-order valence-electron chi connectivity index (χ0n) is 15.5. The molecule has 1 amide bonds. The quantitative estimate of drug-likeness (QED) is 0.423. The number of hydrogen-bond donors (Lipinski definition) is 3. The van der Waals surface area contributed by atoms with E-state index in [2.05, 4.69) is 20.2 Å². The third-order valence-corrected chi connectivity index (χ3v) is 4.72. The van der Waals surface area contributed by atoms with Gasteiger partial charge < -0.3 is 19.9 Å². The monoisotopic (exact) mass is 401 g/mol. The van der Waals surface area contributed by atoms with Crippen molar-refractivity contribution in [2.75, 3.05) is 0 Å². The van der Waals surface area contributed by atoms with Crippen LogP contribution < -0.4 is 16.0 Å². The molecule has 0 unspecified atom stereocenters. The van der Waals surface area contributed by atoms with Crippen molar-refractivity contribution < 1.29 is 13.9 Å². The molecule has 30 heavy (non-hydrogen) atoms. The lowest BCUT2D eigenvalue weighted by molar-refractivity contribution is 0.207. The maximum absolute atomic E-state index is 12.0. The van der Waals surface area contributed by atoms with E-state index in [0.717, 1.165) is 16.6 Å². The molecule has 0 aliphatic rings. The molecule has 0 saturated heterocycles. The van der Waals surface area contributed by atoms with Gasteiger partial charge in [-0.1, -0.05) is 18.2 Å². The number of furan rings is 1. The average molecular weight is 401 g/mol. The van der Waals surface area contributed by atoms with Crippen LogP contribution in [0.15, 0.2) is 63.8 Å². The van der Waals surface area contributed by atoms with Crippen LogP contribution in [-0.2, 0) is 6.42 Å². The number of aromatic amines is 2. The number of hydrogen-bond acceptors (Lipinski definition) is 6. The number of nitrogens with two attached hydrogens (primary N) is 1. The first kappa shape index (κ1) is 17.7. The van der Waals surface area contributed by atoms with E-state index in [1.165, 1.54) is 0 Å². The highest BCUT2D eigenvalue weighted by Gasteiger charge is 2.12. The molecular formula is C21H15N5O4. The second-order valence-electron chi connectivity index (χ2n) is 6.68. The number of aromatic nitrogens is 4.